The minimum atomic E-state index is -0.741. The van der Waals surface area contributed by atoms with Crippen LogP contribution in [-0.4, -0.2) is 48.4 Å². The first-order valence-corrected chi connectivity index (χ1v) is 8.33. The van der Waals surface area contributed by atoms with Crippen LogP contribution in [-0.2, 0) is 28.7 Å². The summed E-state index contributed by atoms with van der Waals surface area (Å²) < 4.78 is 10.3. The Morgan fingerprint density at radius 3 is 2.67 bits per heavy atom. The molecule has 1 saturated carbocycles. The van der Waals surface area contributed by atoms with Crippen LogP contribution in [0.25, 0.3) is 0 Å². The van der Waals surface area contributed by atoms with Crippen molar-refractivity contribution in [2.75, 3.05) is 13.7 Å². The Morgan fingerprint density at radius 2 is 2.00 bits per heavy atom. The van der Waals surface area contributed by atoms with E-state index in [9.17, 15) is 19.2 Å². The van der Waals surface area contributed by atoms with Crippen LogP contribution in [0, 0.1) is 29.6 Å². The fourth-order valence-corrected chi connectivity index (χ4v) is 4.96. The van der Waals surface area contributed by atoms with Gasteiger partial charge in [0.1, 0.15) is 6.10 Å². The molecule has 2 aliphatic carbocycles. The van der Waals surface area contributed by atoms with Gasteiger partial charge in [-0.05, 0) is 18.9 Å². The highest BCUT2D eigenvalue weighted by Crippen LogP contribution is 2.55. The summed E-state index contributed by atoms with van der Waals surface area (Å²) in [7, 11) is 1.29. The van der Waals surface area contributed by atoms with Gasteiger partial charge in [0.25, 0.3) is 0 Å². The smallest absolute Gasteiger partial charge is 0.311 e. The number of carbonyl (C=O) groups is 4. The number of amides is 2. The molecular weight excluding hydrogens is 314 g/mol. The lowest BCUT2D eigenvalue weighted by molar-refractivity contribution is -0.185. The Balaban J connectivity index is 1.78. The van der Waals surface area contributed by atoms with Gasteiger partial charge >= 0.3 is 11.9 Å². The lowest BCUT2D eigenvalue weighted by atomic mass is 9.57. The summed E-state index contributed by atoms with van der Waals surface area (Å²) in [5, 5.41) is 0. The number of esters is 2. The largest absolute Gasteiger partial charge is 0.469 e. The highest BCUT2D eigenvalue weighted by atomic mass is 16.6. The highest BCUT2D eigenvalue weighted by molar-refractivity contribution is 6.06. The topological polar surface area (TPSA) is 90.0 Å². The molecule has 6 atom stereocenters. The molecule has 3 heterocycles. The SMILES string of the molecule is CCN1C(=O)[C@H]2[C@H]3C(=CC[C@H]2C1=O)[C@@H]1C[C@H](C(=O)OC)[C@H]3C(=O)O1. The van der Waals surface area contributed by atoms with E-state index in [1.807, 2.05) is 6.08 Å². The number of hydrogen-bond acceptors (Lipinski definition) is 6. The summed E-state index contributed by atoms with van der Waals surface area (Å²) in [6.07, 6.45) is 2.33. The summed E-state index contributed by atoms with van der Waals surface area (Å²) in [5.41, 5.74) is 0.903. The van der Waals surface area contributed by atoms with Crippen molar-refractivity contribution in [3.05, 3.63) is 11.6 Å². The van der Waals surface area contributed by atoms with Crippen LogP contribution < -0.4 is 0 Å². The van der Waals surface area contributed by atoms with E-state index in [0.717, 1.165) is 5.57 Å². The second-order valence-electron chi connectivity index (χ2n) is 6.84. The summed E-state index contributed by atoms with van der Waals surface area (Å²) in [6, 6.07) is 0. The van der Waals surface area contributed by atoms with Gasteiger partial charge in [-0.15, -0.1) is 0 Å². The molecule has 5 aliphatic rings. The molecule has 0 spiro atoms. The number of ether oxygens (including phenoxy) is 2. The molecule has 2 bridgehead atoms. The number of methoxy groups -OCH3 is 1. The van der Waals surface area contributed by atoms with Crippen molar-refractivity contribution >= 4 is 23.8 Å². The van der Waals surface area contributed by atoms with Crippen molar-refractivity contribution in [2.45, 2.75) is 25.9 Å². The Labute approximate surface area is 138 Å². The van der Waals surface area contributed by atoms with Gasteiger partial charge in [-0.25, -0.2) is 0 Å². The lowest BCUT2D eigenvalue weighted by Gasteiger charge is -2.50. The number of rotatable bonds is 2. The van der Waals surface area contributed by atoms with Crippen molar-refractivity contribution in [2.24, 2.45) is 29.6 Å². The van der Waals surface area contributed by atoms with Crippen LogP contribution in [0.2, 0.25) is 0 Å². The van der Waals surface area contributed by atoms with Crippen LogP contribution in [0.1, 0.15) is 19.8 Å². The van der Waals surface area contributed by atoms with Crippen LogP contribution >= 0.6 is 0 Å². The third-order valence-corrected chi connectivity index (χ3v) is 5.96. The van der Waals surface area contributed by atoms with E-state index >= 15 is 0 Å². The molecule has 2 amide bonds. The summed E-state index contributed by atoms with van der Waals surface area (Å²) in [6.45, 7) is 2.09. The van der Waals surface area contributed by atoms with Gasteiger partial charge in [0.15, 0.2) is 0 Å². The quantitative estimate of drug-likeness (QED) is 0.410. The monoisotopic (exact) mass is 333 g/mol. The molecule has 0 aromatic heterocycles. The van der Waals surface area contributed by atoms with Crippen LogP contribution in [0.4, 0.5) is 0 Å². The van der Waals surface area contributed by atoms with Gasteiger partial charge in [0.05, 0.1) is 30.8 Å². The van der Waals surface area contributed by atoms with Crippen molar-refractivity contribution in [3.63, 3.8) is 0 Å². The van der Waals surface area contributed by atoms with Gasteiger partial charge in [-0.2, -0.15) is 0 Å². The third kappa shape index (κ3) is 1.78. The third-order valence-electron chi connectivity index (χ3n) is 5.96. The maximum Gasteiger partial charge on any atom is 0.311 e. The molecule has 24 heavy (non-hydrogen) atoms. The van der Waals surface area contributed by atoms with Gasteiger partial charge < -0.3 is 9.47 Å². The zero-order chi connectivity index (χ0) is 17.2. The average Bonchev–Trinajstić information content (AvgIpc) is 2.84. The van der Waals surface area contributed by atoms with Crippen LogP contribution in [0.5, 0.6) is 0 Å². The molecule has 7 heteroatoms. The van der Waals surface area contributed by atoms with E-state index in [4.69, 9.17) is 9.47 Å². The second kappa shape index (κ2) is 5.16. The first-order valence-electron chi connectivity index (χ1n) is 8.33. The van der Waals surface area contributed by atoms with Crippen molar-refractivity contribution in [1.82, 2.24) is 4.90 Å². The Kier molecular flexibility index (Phi) is 3.30. The molecule has 4 fully saturated rings. The molecule has 3 saturated heterocycles. The average molecular weight is 333 g/mol. The summed E-state index contributed by atoms with van der Waals surface area (Å²) >= 11 is 0. The predicted molar refractivity (Wildman–Crippen MR) is 79.1 cm³/mol. The molecule has 0 N–H and O–H groups in total. The van der Waals surface area contributed by atoms with E-state index in [1.54, 1.807) is 6.92 Å². The predicted octanol–water partition coefficient (Wildman–Crippen LogP) is 0.288. The number of imide groups is 1. The molecule has 0 aromatic rings. The van der Waals surface area contributed by atoms with E-state index in [-0.39, 0.29) is 11.8 Å². The number of allylic oxidation sites excluding steroid dienone is 1. The van der Waals surface area contributed by atoms with Gasteiger partial charge in [-0.1, -0.05) is 6.08 Å². The van der Waals surface area contributed by atoms with Crippen molar-refractivity contribution in [3.8, 4) is 0 Å². The second-order valence-corrected chi connectivity index (χ2v) is 6.84. The zero-order valence-corrected chi connectivity index (χ0v) is 13.6. The number of hydrogen-bond donors (Lipinski definition) is 0. The first kappa shape index (κ1) is 15.4. The molecule has 0 aromatic carbocycles. The van der Waals surface area contributed by atoms with Crippen molar-refractivity contribution < 1.29 is 28.7 Å². The summed E-state index contributed by atoms with van der Waals surface area (Å²) in [5.74, 6) is -4.09. The van der Waals surface area contributed by atoms with Gasteiger partial charge in [0, 0.05) is 18.9 Å². The maximum absolute atomic E-state index is 12.8. The van der Waals surface area contributed by atoms with Crippen molar-refractivity contribution in [1.29, 1.82) is 0 Å². The Morgan fingerprint density at radius 1 is 1.25 bits per heavy atom. The molecule has 0 radical (unpaired) electrons. The zero-order valence-electron chi connectivity index (χ0n) is 13.6. The molecule has 7 nitrogen and oxygen atoms in total. The van der Waals surface area contributed by atoms with E-state index in [2.05, 4.69) is 0 Å². The number of fused-ring (bicyclic) bond motifs is 3. The Bertz CT molecular complexity index is 683. The van der Waals surface area contributed by atoms with E-state index in [1.165, 1.54) is 12.0 Å². The molecule has 3 aliphatic heterocycles. The number of nitrogens with zero attached hydrogens (tertiary/aromatic N) is 1. The maximum atomic E-state index is 12.8. The van der Waals surface area contributed by atoms with Gasteiger partial charge in [0.2, 0.25) is 11.8 Å². The Hall–Kier alpha value is -2.18. The highest BCUT2D eigenvalue weighted by Gasteiger charge is 2.63. The van der Waals surface area contributed by atoms with E-state index < -0.39 is 47.6 Å². The standard InChI is InChI=1S/C17H19NO6/c1-3-18-14(19)8-5-4-7-10-6-9(16(21)23-2)13(17(22)24-10)11(7)12(8)15(18)20/h4,8-13H,3,5-6H2,1-2H3/t8-,9+,10+,11-,12-,13-/m1/s1. The molecular formula is C17H19NO6. The number of carbonyl (C=O) groups excluding carboxylic acids is 4. The van der Waals surface area contributed by atoms with Crippen LogP contribution in [0.3, 0.4) is 0 Å². The molecule has 5 rings (SSSR count). The molecule has 128 valence electrons. The normalized spacial score (nSPS) is 40.0. The minimum absolute atomic E-state index is 0.174. The minimum Gasteiger partial charge on any atom is -0.469 e. The fraction of sp³-hybridized carbons (Fsp3) is 0.647. The summed E-state index contributed by atoms with van der Waals surface area (Å²) in [4.78, 5) is 51.1. The van der Waals surface area contributed by atoms with E-state index in [0.29, 0.717) is 19.4 Å². The fourth-order valence-electron chi connectivity index (χ4n) is 4.96. The first-order chi connectivity index (χ1) is 11.5. The van der Waals surface area contributed by atoms with Gasteiger partial charge in [-0.3, -0.25) is 24.1 Å². The lowest BCUT2D eigenvalue weighted by Crippen LogP contribution is -2.57. The number of likely N-dealkylation sites (tertiary alicyclic amines) is 1. The van der Waals surface area contributed by atoms with Crippen LogP contribution in [0.15, 0.2) is 11.6 Å². The molecule has 0 unspecified atom stereocenters.